The van der Waals surface area contributed by atoms with Gasteiger partial charge in [-0.05, 0) is 25.0 Å². The van der Waals surface area contributed by atoms with Crippen molar-refractivity contribution in [2.45, 2.75) is 25.9 Å². The molecule has 0 spiro atoms. The first-order valence-electron chi connectivity index (χ1n) is 7.77. The topological polar surface area (TPSA) is 67.4 Å². The van der Waals surface area contributed by atoms with Crippen LogP contribution in [0, 0.1) is 6.92 Å². The molecule has 0 bridgehead atoms. The second-order valence-electron chi connectivity index (χ2n) is 5.62. The molecule has 2 aromatic carbocycles. The molecular weight excluding hydrogens is 304 g/mol. The average Bonchev–Trinajstić information content (AvgIpc) is 2.61. The van der Waals surface area contributed by atoms with Crippen LogP contribution < -0.4 is 10.6 Å². The number of alkyl carbamates (subject to hydrolysis) is 1. The van der Waals surface area contributed by atoms with Crippen molar-refractivity contribution < 1.29 is 14.3 Å². The summed E-state index contributed by atoms with van der Waals surface area (Å²) in [4.78, 5) is 23.3. The van der Waals surface area contributed by atoms with Gasteiger partial charge in [0, 0.05) is 0 Å². The van der Waals surface area contributed by atoms with E-state index in [1.165, 1.54) is 12.7 Å². The number of methoxy groups -OCH3 is 1. The van der Waals surface area contributed by atoms with Crippen LogP contribution in [0.1, 0.15) is 29.7 Å². The van der Waals surface area contributed by atoms with E-state index >= 15 is 0 Å². The number of carbonyl (C=O) groups excluding carboxylic acids is 2. The number of ether oxygens (including phenoxy) is 1. The third kappa shape index (κ3) is 4.67. The van der Waals surface area contributed by atoms with Crippen LogP contribution in [0.4, 0.5) is 4.79 Å². The van der Waals surface area contributed by atoms with Crippen LogP contribution >= 0.6 is 0 Å². The van der Waals surface area contributed by atoms with Gasteiger partial charge in [0.2, 0.25) is 5.91 Å². The Balaban J connectivity index is 2.22. The molecule has 0 aliphatic heterocycles. The number of carbonyl (C=O) groups is 2. The largest absolute Gasteiger partial charge is 0.453 e. The van der Waals surface area contributed by atoms with Crippen LogP contribution in [-0.4, -0.2) is 25.2 Å². The first-order chi connectivity index (χ1) is 11.5. The van der Waals surface area contributed by atoms with Crippen molar-refractivity contribution in [3.05, 3.63) is 71.3 Å². The smallest absolute Gasteiger partial charge is 0.413 e. The van der Waals surface area contributed by atoms with Crippen LogP contribution in [0.5, 0.6) is 0 Å². The minimum absolute atomic E-state index is 0.162. The molecule has 0 saturated carbocycles. The van der Waals surface area contributed by atoms with Crippen LogP contribution in [0.2, 0.25) is 0 Å². The molecule has 2 aromatic rings. The lowest BCUT2D eigenvalue weighted by Crippen LogP contribution is -2.46. The molecule has 5 heteroatoms. The zero-order chi connectivity index (χ0) is 17.5. The van der Waals surface area contributed by atoms with Gasteiger partial charge < -0.3 is 4.74 Å². The number of benzene rings is 2. The first-order valence-corrected chi connectivity index (χ1v) is 7.77. The number of hydrogen-bond acceptors (Lipinski definition) is 4. The van der Waals surface area contributed by atoms with Crippen molar-refractivity contribution in [2.75, 3.05) is 7.11 Å². The molecule has 0 radical (unpaired) electrons. The Bertz CT molecular complexity index is 684. The SMILES string of the molecule is COC(=O)NC(=O)[C@@H](C)N[C@H](c1ccccc1)c1ccc(C)cc1. The molecule has 0 unspecified atom stereocenters. The lowest BCUT2D eigenvalue weighted by Gasteiger charge is -2.23. The number of amides is 2. The fourth-order valence-corrected chi connectivity index (χ4v) is 2.37. The number of nitrogens with one attached hydrogen (secondary N) is 2. The van der Waals surface area contributed by atoms with E-state index in [0.717, 1.165) is 11.1 Å². The van der Waals surface area contributed by atoms with Crippen molar-refractivity contribution in [3.8, 4) is 0 Å². The van der Waals surface area contributed by atoms with Gasteiger partial charge in [-0.15, -0.1) is 0 Å². The number of imide groups is 1. The standard InChI is InChI=1S/C19H22N2O3/c1-13-9-11-16(12-10-13)17(15-7-5-4-6-8-15)20-14(2)18(22)21-19(23)24-3/h4-12,14,17,20H,1-3H3,(H,21,22,23)/t14-,17-/m1/s1. The molecule has 126 valence electrons. The summed E-state index contributed by atoms with van der Waals surface area (Å²) in [5.41, 5.74) is 3.26. The summed E-state index contributed by atoms with van der Waals surface area (Å²) in [6.07, 6.45) is -0.764. The number of aryl methyl sites for hydroxylation is 1. The maximum absolute atomic E-state index is 12.1. The van der Waals surface area contributed by atoms with Gasteiger partial charge in [0.25, 0.3) is 0 Å². The van der Waals surface area contributed by atoms with E-state index in [1.54, 1.807) is 6.92 Å². The van der Waals surface area contributed by atoms with Gasteiger partial charge in [0.15, 0.2) is 0 Å². The van der Waals surface area contributed by atoms with E-state index in [9.17, 15) is 9.59 Å². The lowest BCUT2D eigenvalue weighted by atomic mass is 9.97. The Labute approximate surface area is 142 Å². The van der Waals surface area contributed by atoms with E-state index in [2.05, 4.69) is 15.4 Å². The monoisotopic (exact) mass is 326 g/mol. The molecule has 2 atom stereocenters. The minimum atomic E-state index is -0.764. The van der Waals surface area contributed by atoms with Crippen molar-refractivity contribution in [1.29, 1.82) is 0 Å². The molecule has 24 heavy (non-hydrogen) atoms. The Morgan fingerprint density at radius 2 is 1.54 bits per heavy atom. The Morgan fingerprint density at radius 3 is 2.12 bits per heavy atom. The van der Waals surface area contributed by atoms with E-state index in [4.69, 9.17) is 0 Å². The fourth-order valence-electron chi connectivity index (χ4n) is 2.37. The number of hydrogen-bond donors (Lipinski definition) is 2. The van der Waals surface area contributed by atoms with E-state index < -0.39 is 18.0 Å². The molecule has 0 aliphatic carbocycles. The molecule has 0 heterocycles. The normalized spacial score (nSPS) is 13.0. The molecule has 5 nitrogen and oxygen atoms in total. The first kappa shape index (κ1) is 17.7. The second-order valence-corrected chi connectivity index (χ2v) is 5.62. The predicted molar refractivity (Wildman–Crippen MR) is 92.6 cm³/mol. The molecule has 2 amide bonds. The maximum atomic E-state index is 12.1. The summed E-state index contributed by atoms with van der Waals surface area (Å²) >= 11 is 0. The summed E-state index contributed by atoms with van der Waals surface area (Å²) in [6, 6.07) is 17.3. The van der Waals surface area contributed by atoms with Crippen molar-refractivity contribution in [1.82, 2.24) is 10.6 Å². The van der Waals surface area contributed by atoms with E-state index in [0.29, 0.717) is 0 Å². The van der Waals surface area contributed by atoms with Gasteiger partial charge >= 0.3 is 6.09 Å². The van der Waals surface area contributed by atoms with Crippen molar-refractivity contribution >= 4 is 12.0 Å². The molecule has 0 aromatic heterocycles. The fraction of sp³-hybridized carbons (Fsp3) is 0.263. The summed E-state index contributed by atoms with van der Waals surface area (Å²) < 4.78 is 4.46. The molecule has 2 N–H and O–H groups in total. The maximum Gasteiger partial charge on any atom is 0.413 e. The van der Waals surface area contributed by atoms with Crippen LogP contribution in [0.25, 0.3) is 0 Å². The highest BCUT2D eigenvalue weighted by Gasteiger charge is 2.22. The predicted octanol–water partition coefficient (Wildman–Crippen LogP) is 2.95. The Morgan fingerprint density at radius 1 is 0.958 bits per heavy atom. The highest BCUT2D eigenvalue weighted by atomic mass is 16.5. The third-order valence-electron chi connectivity index (χ3n) is 3.76. The van der Waals surface area contributed by atoms with Crippen LogP contribution in [0.3, 0.4) is 0 Å². The van der Waals surface area contributed by atoms with Crippen LogP contribution in [0.15, 0.2) is 54.6 Å². The zero-order valence-electron chi connectivity index (χ0n) is 14.1. The van der Waals surface area contributed by atoms with Crippen molar-refractivity contribution in [3.63, 3.8) is 0 Å². The molecule has 0 aliphatic rings. The van der Waals surface area contributed by atoms with Gasteiger partial charge in [-0.2, -0.15) is 0 Å². The highest BCUT2D eigenvalue weighted by Crippen LogP contribution is 2.23. The summed E-state index contributed by atoms with van der Waals surface area (Å²) in [6.45, 7) is 3.74. The quantitative estimate of drug-likeness (QED) is 0.886. The lowest BCUT2D eigenvalue weighted by molar-refractivity contribution is -0.122. The zero-order valence-corrected chi connectivity index (χ0v) is 14.1. The second kappa shape index (κ2) is 8.26. The summed E-state index contributed by atoms with van der Waals surface area (Å²) in [5.74, 6) is -0.435. The van der Waals surface area contributed by atoms with Gasteiger partial charge in [0.05, 0.1) is 19.2 Å². The summed E-state index contributed by atoms with van der Waals surface area (Å²) in [7, 11) is 1.22. The Hall–Kier alpha value is -2.66. The molecule has 2 rings (SSSR count). The molecular formula is C19H22N2O3. The minimum Gasteiger partial charge on any atom is -0.453 e. The van der Waals surface area contributed by atoms with Gasteiger partial charge in [-0.1, -0.05) is 60.2 Å². The van der Waals surface area contributed by atoms with Crippen molar-refractivity contribution in [2.24, 2.45) is 0 Å². The highest BCUT2D eigenvalue weighted by molar-refractivity contribution is 5.94. The van der Waals surface area contributed by atoms with E-state index in [-0.39, 0.29) is 6.04 Å². The molecule has 0 saturated heterocycles. The summed E-state index contributed by atoms with van der Waals surface area (Å²) in [5, 5.41) is 5.46. The Kier molecular flexibility index (Phi) is 6.09. The third-order valence-corrected chi connectivity index (χ3v) is 3.76. The van der Waals surface area contributed by atoms with E-state index in [1.807, 2.05) is 61.5 Å². The van der Waals surface area contributed by atoms with Gasteiger partial charge in [-0.25, -0.2) is 4.79 Å². The van der Waals surface area contributed by atoms with Gasteiger partial charge in [-0.3, -0.25) is 15.4 Å². The van der Waals surface area contributed by atoms with Gasteiger partial charge in [0.1, 0.15) is 0 Å². The molecule has 0 fully saturated rings. The number of rotatable bonds is 5. The van der Waals surface area contributed by atoms with Crippen LogP contribution in [-0.2, 0) is 9.53 Å². The average molecular weight is 326 g/mol.